The fourth-order valence-corrected chi connectivity index (χ4v) is 4.78. The van der Waals surface area contributed by atoms with E-state index in [1.54, 1.807) is 0 Å². The topological polar surface area (TPSA) is 69.6 Å². The van der Waals surface area contributed by atoms with Gasteiger partial charge in [-0.15, -0.1) is 0 Å². The summed E-state index contributed by atoms with van der Waals surface area (Å²) in [6.45, 7) is 0.800. The Morgan fingerprint density at radius 3 is 2.88 bits per heavy atom. The SMILES string of the molecule is O=C1Cc2ccc(CC(=O)N3CCC[C@@H]3[C@H]3CCCC[C@@H]3O)cc2N1. The summed E-state index contributed by atoms with van der Waals surface area (Å²) in [4.78, 5) is 26.4. The Morgan fingerprint density at radius 1 is 1.20 bits per heavy atom. The highest BCUT2D eigenvalue weighted by Gasteiger charge is 2.38. The van der Waals surface area contributed by atoms with Crippen molar-refractivity contribution in [1.29, 1.82) is 0 Å². The average Bonchev–Trinajstić information content (AvgIpc) is 3.20. The molecule has 5 nitrogen and oxygen atoms in total. The predicted octanol–water partition coefficient (Wildman–Crippen LogP) is 2.27. The lowest BCUT2D eigenvalue weighted by molar-refractivity contribution is -0.133. The van der Waals surface area contributed by atoms with E-state index in [1.807, 2.05) is 23.1 Å². The Kier molecular flexibility index (Phi) is 4.50. The summed E-state index contributed by atoms with van der Waals surface area (Å²) in [6.07, 6.45) is 6.72. The van der Waals surface area contributed by atoms with Gasteiger partial charge in [-0.2, -0.15) is 0 Å². The third kappa shape index (κ3) is 3.30. The van der Waals surface area contributed by atoms with Gasteiger partial charge in [0.1, 0.15) is 0 Å². The highest BCUT2D eigenvalue weighted by molar-refractivity contribution is 5.99. The van der Waals surface area contributed by atoms with Gasteiger partial charge in [-0.3, -0.25) is 9.59 Å². The van der Waals surface area contributed by atoms with Crippen molar-refractivity contribution in [2.24, 2.45) is 5.92 Å². The molecule has 1 saturated carbocycles. The van der Waals surface area contributed by atoms with Crippen LogP contribution in [0, 0.1) is 5.92 Å². The van der Waals surface area contributed by atoms with E-state index in [0.717, 1.165) is 61.9 Å². The molecule has 5 heteroatoms. The van der Waals surface area contributed by atoms with Crippen molar-refractivity contribution in [2.45, 2.75) is 63.5 Å². The van der Waals surface area contributed by atoms with E-state index in [4.69, 9.17) is 0 Å². The van der Waals surface area contributed by atoms with Crippen LogP contribution in [0.2, 0.25) is 0 Å². The molecule has 1 saturated heterocycles. The van der Waals surface area contributed by atoms with Crippen molar-refractivity contribution in [2.75, 3.05) is 11.9 Å². The lowest BCUT2D eigenvalue weighted by Crippen LogP contribution is -2.45. The summed E-state index contributed by atoms with van der Waals surface area (Å²) in [6, 6.07) is 6.02. The predicted molar refractivity (Wildman–Crippen MR) is 95.2 cm³/mol. The van der Waals surface area contributed by atoms with Crippen molar-refractivity contribution in [3.63, 3.8) is 0 Å². The number of hydrogen-bond acceptors (Lipinski definition) is 3. The Hall–Kier alpha value is -1.88. The van der Waals surface area contributed by atoms with Crippen molar-refractivity contribution in [3.05, 3.63) is 29.3 Å². The molecule has 3 atom stereocenters. The summed E-state index contributed by atoms with van der Waals surface area (Å²) < 4.78 is 0. The molecule has 2 N–H and O–H groups in total. The monoisotopic (exact) mass is 342 g/mol. The highest BCUT2D eigenvalue weighted by Crippen LogP contribution is 2.35. The van der Waals surface area contributed by atoms with Crippen molar-refractivity contribution >= 4 is 17.5 Å². The lowest BCUT2D eigenvalue weighted by atomic mass is 9.80. The largest absolute Gasteiger partial charge is 0.393 e. The molecule has 2 heterocycles. The second kappa shape index (κ2) is 6.79. The summed E-state index contributed by atoms with van der Waals surface area (Å²) in [5, 5.41) is 13.2. The number of carbonyl (C=O) groups is 2. The Labute approximate surface area is 148 Å². The summed E-state index contributed by atoms with van der Waals surface area (Å²) in [7, 11) is 0. The summed E-state index contributed by atoms with van der Waals surface area (Å²) in [5.41, 5.74) is 2.79. The highest BCUT2D eigenvalue weighted by atomic mass is 16.3. The molecule has 2 amide bonds. The van der Waals surface area contributed by atoms with Gasteiger partial charge in [-0.25, -0.2) is 0 Å². The fourth-order valence-electron chi connectivity index (χ4n) is 4.78. The van der Waals surface area contributed by atoms with Crippen LogP contribution in [0.4, 0.5) is 5.69 Å². The Bertz CT molecular complexity index is 688. The van der Waals surface area contributed by atoms with Gasteiger partial charge in [-0.05, 0) is 42.9 Å². The Morgan fingerprint density at radius 2 is 2.04 bits per heavy atom. The standard InChI is InChI=1S/C20H26N2O3/c23-18-6-2-1-4-15(18)17-5-3-9-22(17)20(25)11-13-7-8-14-12-19(24)21-16(14)10-13/h7-8,10,15,17-18,23H,1-6,9,11-12H2,(H,21,24)/t15-,17-,18+/m1/s1. The number of likely N-dealkylation sites (tertiary alicyclic amines) is 1. The number of amides is 2. The van der Waals surface area contributed by atoms with Gasteiger partial charge in [-0.1, -0.05) is 25.0 Å². The zero-order valence-electron chi connectivity index (χ0n) is 14.5. The minimum atomic E-state index is -0.262. The number of aliphatic hydroxyl groups excluding tert-OH is 1. The van der Waals surface area contributed by atoms with Crippen LogP contribution in [-0.4, -0.2) is 40.5 Å². The number of anilines is 1. The van der Waals surface area contributed by atoms with Crippen molar-refractivity contribution < 1.29 is 14.7 Å². The average molecular weight is 342 g/mol. The number of aliphatic hydroxyl groups is 1. The second-order valence-electron chi connectivity index (χ2n) is 7.71. The number of fused-ring (bicyclic) bond motifs is 1. The smallest absolute Gasteiger partial charge is 0.228 e. The van der Waals surface area contributed by atoms with E-state index in [-0.39, 0.29) is 29.9 Å². The normalized spacial score (nSPS) is 28.8. The van der Waals surface area contributed by atoms with Crippen LogP contribution >= 0.6 is 0 Å². The van der Waals surface area contributed by atoms with Gasteiger partial charge >= 0.3 is 0 Å². The molecule has 0 bridgehead atoms. The fraction of sp³-hybridized carbons (Fsp3) is 0.600. The van der Waals surface area contributed by atoms with E-state index in [9.17, 15) is 14.7 Å². The van der Waals surface area contributed by atoms with E-state index >= 15 is 0 Å². The maximum absolute atomic E-state index is 12.9. The minimum absolute atomic E-state index is 0.0179. The van der Waals surface area contributed by atoms with E-state index in [1.165, 1.54) is 0 Å². The second-order valence-corrected chi connectivity index (χ2v) is 7.71. The van der Waals surface area contributed by atoms with Gasteiger partial charge in [0.15, 0.2) is 0 Å². The minimum Gasteiger partial charge on any atom is -0.393 e. The molecule has 0 spiro atoms. The van der Waals surface area contributed by atoms with Crippen molar-refractivity contribution in [1.82, 2.24) is 4.90 Å². The van der Waals surface area contributed by atoms with E-state index < -0.39 is 0 Å². The van der Waals surface area contributed by atoms with E-state index in [0.29, 0.717) is 12.8 Å². The number of nitrogens with zero attached hydrogens (tertiary/aromatic N) is 1. The van der Waals surface area contributed by atoms with Gasteiger partial charge in [0.2, 0.25) is 11.8 Å². The molecule has 134 valence electrons. The molecule has 1 aliphatic carbocycles. The summed E-state index contributed by atoms with van der Waals surface area (Å²) >= 11 is 0. The van der Waals surface area contributed by atoms with Gasteiger partial charge in [0.05, 0.1) is 18.9 Å². The van der Waals surface area contributed by atoms with Gasteiger partial charge in [0, 0.05) is 24.2 Å². The van der Waals surface area contributed by atoms with Gasteiger partial charge < -0.3 is 15.3 Å². The number of nitrogens with one attached hydrogen (secondary N) is 1. The zero-order valence-corrected chi connectivity index (χ0v) is 14.5. The molecule has 0 aromatic heterocycles. The van der Waals surface area contributed by atoms with Crippen LogP contribution < -0.4 is 5.32 Å². The van der Waals surface area contributed by atoms with Crippen LogP contribution in [0.25, 0.3) is 0 Å². The van der Waals surface area contributed by atoms with Crippen molar-refractivity contribution in [3.8, 4) is 0 Å². The molecule has 4 rings (SSSR count). The number of rotatable bonds is 3. The zero-order chi connectivity index (χ0) is 17.4. The first-order chi connectivity index (χ1) is 12.1. The molecule has 2 aliphatic heterocycles. The molecule has 25 heavy (non-hydrogen) atoms. The summed E-state index contributed by atoms with van der Waals surface area (Å²) in [5.74, 6) is 0.397. The molecule has 2 fully saturated rings. The first-order valence-corrected chi connectivity index (χ1v) is 9.51. The third-order valence-corrected chi connectivity index (χ3v) is 6.05. The van der Waals surface area contributed by atoms with Crippen LogP contribution in [0.1, 0.15) is 49.7 Å². The maximum atomic E-state index is 12.9. The van der Waals surface area contributed by atoms with Gasteiger partial charge in [0.25, 0.3) is 0 Å². The van der Waals surface area contributed by atoms with Crippen LogP contribution in [-0.2, 0) is 22.4 Å². The third-order valence-electron chi connectivity index (χ3n) is 6.05. The molecule has 0 unspecified atom stereocenters. The molecular formula is C20H26N2O3. The van der Waals surface area contributed by atoms with Crippen LogP contribution in [0.15, 0.2) is 18.2 Å². The van der Waals surface area contributed by atoms with Crippen LogP contribution in [0.3, 0.4) is 0 Å². The molecule has 3 aliphatic rings. The lowest BCUT2D eigenvalue weighted by Gasteiger charge is -2.37. The molecular weight excluding hydrogens is 316 g/mol. The van der Waals surface area contributed by atoms with Crippen LogP contribution in [0.5, 0.6) is 0 Å². The molecule has 1 aromatic carbocycles. The maximum Gasteiger partial charge on any atom is 0.228 e. The number of carbonyl (C=O) groups excluding carboxylic acids is 2. The molecule has 0 radical (unpaired) electrons. The first kappa shape index (κ1) is 16.6. The Balaban J connectivity index is 1.45. The quantitative estimate of drug-likeness (QED) is 0.885. The number of hydrogen-bond donors (Lipinski definition) is 2. The first-order valence-electron chi connectivity index (χ1n) is 9.51. The van der Waals surface area contributed by atoms with E-state index in [2.05, 4.69) is 5.32 Å². The molecule has 1 aromatic rings. The number of benzene rings is 1.